The molecule has 0 saturated carbocycles. The number of H-pyrrole nitrogens is 1. The number of aromatic amines is 1. The molecule has 21 heavy (non-hydrogen) atoms. The number of pyridine rings is 2. The number of nitriles is 1. The molecule has 0 aromatic carbocycles. The van der Waals surface area contributed by atoms with Crippen LogP contribution in [0, 0.1) is 18.3 Å². The van der Waals surface area contributed by atoms with E-state index in [0.29, 0.717) is 0 Å². The van der Waals surface area contributed by atoms with Crippen LogP contribution in [0.5, 0.6) is 0 Å². The van der Waals surface area contributed by atoms with Crippen molar-refractivity contribution in [1.82, 2.24) is 20.2 Å². The highest BCUT2D eigenvalue weighted by Crippen LogP contribution is 2.29. The van der Waals surface area contributed by atoms with E-state index in [1.165, 1.54) is 0 Å². The van der Waals surface area contributed by atoms with Crippen LogP contribution >= 0.6 is 0 Å². The molecule has 5 heteroatoms. The lowest BCUT2D eigenvalue weighted by molar-refractivity contribution is 0.659. The predicted octanol–water partition coefficient (Wildman–Crippen LogP) is 3.13. The van der Waals surface area contributed by atoms with Crippen LogP contribution in [-0.4, -0.2) is 20.2 Å². The lowest BCUT2D eigenvalue weighted by atomic mass is 9.89. The van der Waals surface area contributed by atoms with Gasteiger partial charge >= 0.3 is 0 Å². The molecule has 3 aromatic heterocycles. The standard InChI is InChI=1S/C16H15N5/c1-10-6-13(20-14(7-10)16(2,3)9-17)11-4-5-18-15-12(11)8-19-21-15/h4-8H,1-3H3,(H,18,19,21). The zero-order valence-corrected chi connectivity index (χ0v) is 12.2. The molecule has 3 heterocycles. The quantitative estimate of drug-likeness (QED) is 0.780. The normalized spacial score (nSPS) is 11.5. The van der Waals surface area contributed by atoms with Crippen LogP contribution in [0.3, 0.4) is 0 Å². The molecule has 0 amide bonds. The lowest BCUT2D eigenvalue weighted by Gasteiger charge is -2.16. The topological polar surface area (TPSA) is 78.2 Å². The van der Waals surface area contributed by atoms with E-state index >= 15 is 0 Å². The van der Waals surface area contributed by atoms with Crippen molar-refractivity contribution in [1.29, 1.82) is 5.26 Å². The van der Waals surface area contributed by atoms with Gasteiger partial charge in [0.15, 0.2) is 5.65 Å². The molecule has 1 N–H and O–H groups in total. The number of hydrogen-bond donors (Lipinski definition) is 1. The molecule has 0 atom stereocenters. The SMILES string of the molecule is Cc1cc(-c2ccnc3[nH]ncc23)nc(C(C)(C)C#N)c1. The van der Waals surface area contributed by atoms with Gasteiger partial charge in [-0.25, -0.2) is 4.98 Å². The minimum Gasteiger partial charge on any atom is -0.261 e. The third kappa shape index (κ3) is 2.25. The van der Waals surface area contributed by atoms with Crippen molar-refractivity contribution in [3.05, 3.63) is 41.9 Å². The summed E-state index contributed by atoms with van der Waals surface area (Å²) in [5, 5.41) is 17.1. The Labute approximate surface area is 122 Å². The Morgan fingerprint density at radius 1 is 1.29 bits per heavy atom. The third-order valence-electron chi connectivity index (χ3n) is 3.52. The number of aromatic nitrogens is 4. The number of fused-ring (bicyclic) bond motifs is 1. The second-order valence-electron chi connectivity index (χ2n) is 5.64. The molecule has 0 saturated heterocycles. The molecule has 0 aliphatic rings. The maximum absolute atomic E-state index is 9.32. The number of rotatable bonds is 2. The summed E-state index contributed by atoms with van der Waals surface area (Å²) in [6.07, 6.45) is 3.48. The first kappa shape index (κ1) is 13.3. The molecule has 3 rings (SSSR count). The van der Waals surface area contributed by atoms with Crippen LogP contribution in [0.1, 0.15) is 25.1 Å². The number of nitrogens with zero attached hydrogens (tertiary/aromatic N) is 4. The maximum atomic E-state index is 9.32. The van der Waals surface area contributed by atoms with Gasteiger partial charge in [-0.3, -0.25) is 10.1 Å². The molecule has 104 valence electrons. The molecular weight excluding hydrogens is 262 g/mol. The second kappa shape index (κ2) is 4.67. The van der Waals surface area contributed by atoms with Crippen LogP contribution in [0.2, 0.25) is 0 Å². The fourth-order valence-corrected chi connectivity index (χ4v) is 2.26. The number of aryl methyl sites for hydroxylation is 1. The monoisotopic (exact) mass is 277 g/mol. The Bertz CT molecular complexity index is 854. The van der Waals surface area contributed by atoms with Crippen LogP contribution in [0.15, 0.2) is 30.6 Å². The van der Waals surface area contributed by atoms with Crippen molar-refractivity contribution in [2.24, 2.45) is 0 Å². The minimum absolute atomic E-state index is 0.622. The van der Waals surface area contributed by atoms with Crippen molar-refractivity contribution in [2.45, 2.75) is 26.2 Å². The smallest absolute Gasteiger partial charge is 0.155 e. The van der Waals surface area contributed by atoms with Gasteiger partial charge in [0.2, 0.25) is 0 Å². The van der Waals surface area contributed by atoms with Gasteiger partial charge in [-0.15, -0.1) is 0 Å². The van der Waals surface area contributed by atoms with Crippen LogP contribution < -0.4 is 0 Å². The summed E-state index contributed by atoms with van der Waals surface area (Å²) in [5.74, 6) is 0. The van der Waals surface area contributed by atoms with E-state index in [2.05, 4.69) is 26.2 Å². The van der Waals surface area contributed by atoms with E-state index in [1.54, 1.807) is 12.4 Å². The fraction of sp³-hybridized carbons (Fsp3) is 0.250. The van der Waals surface area contributed by atoms with Gasteiger partial charge in [0.1, 0.15) is 0 Å². The Balaban J connectivity index is 2.24. The van der Waals surface area contributed by atoms with Crippen molar-refractivity contribution in [3.8, 4) is 17.3 Å². The summed E-state index contributed by atoms with van der Waals surface area (Å²) in [6, 6.07) is 8.19. The highest BCUT2D eigenvalue weighted by molar-refractivity contribution is 5.90. The summed E-state index contributed by atoms with van der Waals surface area (Å²) in [4.78, 5) is 8.92. The Kier molecular flexibility index (Phi) is 2.95. The van der Waals surface area contributed by atoms with Crippen LogP contribution in [0.4, 0.5) is 0 Å². The largest absolute Gasteiger partial charge is 0.261 e. The Morgan fingerprint density at radius 3 is 2.86 bits per heavy atom. The predicted molar refractivity (Wildman–Crippen MR) is 80.5 cm³/mol. The summed E-state index contributed by atoms with van der Waals surface area (Å²) in [5.41, 5.74) is 3.76. The summed E-state index contributed by atoms with van der Waals surface area (Å²) in [6.45, 7) is 5.76. The molecule has 0 spiro atoms. The van der Waals surface area contributed by atoms with Gasteiger partial charge < -0.3 is 0 Å². The van der Waals surface area contributed by atoms with Crippen molar-refractivity contribution in [2.75, 3.05) is 0 Å². The molecular formula is C16H15N5. The van der Waals surface area contributed by atoms with E-state index in [-0.39, 0.29) is 0 Å². The highest BCUT2D eigenvalue weighted by atomic mass is 15.1. The van der Waals surface area contributed by atoms with Gasteiger partial charge in [0, 0.05) is 17.1 Å². The first-order valence-electron chi connectivity index (χ1n) is 6.70. The fourth-order valence-electron chi connectivity index (χ4n) is 2.26. The molecule has 0 aliphatic carbocycles. The van der Waals surface area contributed by atoms with E-state index in [9.17, 15) is 5.26 Å². The average molecular weight is 277 g/mol. The van der Waals surface area contributed by atoms with Gasteiger partial charge in [0.05, 0.1) is 29.1 Å². The Morgan fingerprint density at radius 2 is 2.10 bits per heavy atom. The van der Waals surface area contributed by atoms with Crippen LogP contribution in [0.25, 0.3) is 22.3 Å². The van der Waals surface area contributed by atoms with Gasteiger partial charge in [-0.05, 0) is 44.5 Å². The third-order valence-corrected chi connectivity index (χ3v) is 3.52. The lowest BCUT2D eigenvalue weighted by Crippen LogP contribution is -2.16. The molecule has 5 nitrogen and oxygen atoms in total. The molecule has 3 aromatic rings. The average Bonchev–Trinajstić information content (AvgIpc) is 2.94. The highest BCUT2D eigenvalue weighted by Gasteiger charge is 2.22. The summed E-state index contributed by atoms with van der Waals surface area (Å²) in [7, 11) is 0. The zero-order valence-electron chi connectivity index (χ0n) is 12.2. The summed E-state index contributed by atoms with van der Waals surface area (Å²) < 4.78 is 0. The van der Waals surface area contributed by atoms with E-state index < -0.39 is 5.41 Å². The first-order valence-corrected chi connectivity index (χ1v) is 6.70. The van der Waals surface area contributed by atoms with Crippen molar-refractivity contribution < 1.29 is 0 Å². The maximum Gasteiger partial charge on any atom is 0.155 e. The Hall–Kier alpha value is -2.74. The first-order chi connectivity index (χ1) is 10.0. The van der Waals surface area contributed by atoms with Crippen molar-refractivity contribution >= 4 is 11.0 Å². The zero-order chi connectivity index (χ0) is 15.0. The van der Waals surface area contributed by atoms with E-state index in [0.717, 1.165) is 33.5 Å². The van der Waals surface area contributed by atoms with Gasteiger partial charge in [0.25, 0.3) is 0 Å². The minimum atomic E-state index is -0.622. The van der Waals surface area contributed by atoms with Crippen molar-refractivity contribution in [3.63, 3.8) is 0 Å². The molecule has 0 fully saturated rings. The summed E-state index contributed by atoms with van der Waals surface area (Å²) >= 11 is 0. The molecule has 0 radical (unpaired) electrons. The molecule has 0 bridgehead atoms. The number of nitrogens with one attached hydrogen (secondary N) is 1. The second-order valence-corrected chi connectivity index (χ2v) is 5.64. The molecule has 0 aliphatic heterocycles. The van der Waals surface area contributed by atoms with E-state index in [1.807, 2.05) is 39.0 Å². The molecule has 0 unspecified atom stereocenters. The number of hydrogen-bond acceptors (Lipinski definition) is 4. The van der Waals surface area contributed by atoms with Crippen LogP contribution in [-0.2, 0) is 5.41 Å². The van der Waals surface area contributed by atoms with E-state index in [4.69, 9.17) is 0 Å². The van der Waals surface area contributed by atoms with Gasteiger partial charge in [-0.1, -0.05) is 0 Å². The van der Waals surface area contributed by atoms with Gasteiger partial charge in [-0.2, -0.15) is 10.4 Å².